The van der Waals surface area contributed by atoms with Gasteiger partial charge in [0.2, 0.25) is 0 Å². The summed E-state index contributed by atoms with van der Waals surface area (Å²) in [6.45, 7) is 8.23. The summed E-state index contributed by atoms with van der Waals surface area (Å²) in [5, 5.41) is 0. The van der Waals surface area contributed by atoms with Crippen LogP contribution < -0.4 is 19.6 Å². The monoisotopic (exact) mass is 534 g/mol. The fraction of sp³-hybridized carbons (Fsp3) is 0.304. The zero-order valence-electron chi connectivity index (χ0n) is 17.6. The minimum Gasteiger partial charge on any atom is -0.493 e. The van der Waals surface area contributed by atoms with Gasteiger partial charge in [0, 0.05) is 0 Å². The summed E-state index contributed by atoms with van der Waals surface area (Å²) in [6.07, 6.45) is 2.90. The molecule has 1 atom stereocenters. The van der Waals surface area contributed by atoms with E-state index < -0.39 is 0 Å². The lowest BCUT2D eigenvalue weighted by Gasteiger charge is -2.17. The number of benzene rings is 2. The van der Waals surface area contributed by atoms with Crippen LogP contribution in [0.2, 0.25) is 0 Å². The molecule has 0 radical (unpaired) electrons. The lowest BCUT2D eigenvalue weighted by Crippen LogP contribution is -2.22. The Labute approximate surface area is 192 Å². The summed E-state index contributed by atoms with van der Waals surface area (Å²) in [5.41, 5.74) is 4.89. The van der Waals surface area contributed by atoms with Gasteiger partial charge in [-0.2, -0.15) is 0 Å². The molecule has 0 aliphatic carbocycles. The topological polar surface area (TPSA) is 52.8 Å². The maximum atomic E-state index is 13.1. The summed E-state index contributed by atoms with van der Waals surface area (Å²) in [7, 11) is 1.63. The minimum atomic E-state index is -0.0466. The van der Waals surface area contributed by atoms with Crippen LogP contribution in [0.5, 0.6) is 11.5 Å². The molecule has 0 N–H and O–H groups in total. The number of imidazole rings is 1. The first-order valence-electron chi connectivity index (χ1n) is 9.80. The Morgan fingerprint density at radius 2 is 1.97 bits per heavy atom. The van der Waals surface area contributed by atoms with Crippen molar-refractivity contribution in [3.63, 3.8) is 0 Å². The van der Waals surface area contributed by atoms with Gasteiger partial charge in [-0.15, -0.1) is 0 Å². The van der Waals surface area contributed by atoms with Crippen molar-refractivity contribution < 1.29 is 9.47 Å². The summed E-state index contributed by atoms with van der Waals surface area (Å²) >= 11 is 3.65. The van der Waals surface area contributed by atoms with Gasteiger partial charge >= 0.3 is 0 Å². The third-order valence-corrected chi connectivity index (χ3v) is 7.07. The summed E-state index contributed by atoms with van der Waals surface area (Å²) in [4.78, 5) is 18.5. The molecule has 2 aromatic carbocycles. The number of thiazole rings is 1. The Hall–Kier alpha value is -2.13. The smallest absolute Gasteiger partial charge is 0.274 e. The second-order valence-corrected chi connectivity index (χ2v) is 9.61. The van der Waals surface area contributed by atoms with E-state index in [4.69, 9.17) is 9.47 Å². The van der Waals surface area contributed by atoms with Gasteiger partial charge in [-0.1, -0.05) is 18.3 Å². The summed E-state index contributed by atoms with van der Waals surface area (Å²) in [5.74, 6) is 1.41. The van der Waals surface area contributed by atoms with Gasteiger partial charge < -0.3 is 9.47 Å². The van der Waals surface area contributed by atoms with E-state index in [0.29, 0.717) is 15.2 Å². The number of rotatable bonds is 5. The Balaban J connectivity index is 1.85. The van der Waals surface area contributed by atoms with E-state index in [9.17, 15) is 4.79 Å². The van der Waals surface area contributed by atoms with Crippen molar-refractivity contribution >= 4 is 56.0 Å². The molecule has 4 rings (SSSR count). The molecule has 0 aliphatic rings. The molecule has 0 saturated heterocycles. The first-order valence-corrected chi connectivity index (χ1v) is 11.7. The molecule has 7 heteroatoms. The van der Waals surface area contributed by atoms with Crippen LogP contribution in [0.3, 0.4) is 0 Å². The first kappa shape index (κ1) is 21.1. The maximum absolute atomic E-state index is 13.1. The third-order valence-electron chi connectivity index (χ3n) is 5.30. The van der Waals surface area contributed by atoms with Crippen molar-refractivity contribution in [2.75, 3.05) is 7.11 Å². The molecule has 0 amide bonds. The van der Waals surface area contributed by atoms with E-state index in [1.807, 2.05) is 37.3 Å². The van der Waals surface area contributed by atoms with Crippen LogP contribution in [-0.2, 0) is 0 Å². The molecular formula is C23H23IN2O3S. The van der Waals surface area contributed by atoms with Gasteiger partial charge in [0.05, 0.1) is 32.3 Å². The maximum Gasteiger partial charge on any atom is 0.274 e. The van der Waals surface area contributed by atoms with Crippen molar-refractivity contribution in [2.45, 2.75) is 40.2 Å². The van der Waals surface area contributed by atoms with E-state index in [1.54, 1.807) is 11.5 Å². The predicted octanol–water partition coefficient (Wildman–Crippen LogP) is 4.86. The van der Waals surface area contributed by atoms with Gasteiger partial charge in [0.1, 0.15) is 0 Å². The number of ether oxygens (including phenoxy) is 2. The number of hydrogen-bond donors (Lipinski definition) is 0. The minimum absolute atomic E-state index is 0.0466. The highest BCUT2D eigenvalue weighted by molar-refractivity contribution is 14.1. The van der Waals surface area contributed by atoms with Crippen LogP contribution in [0.4, 0.5) is 0 Å². The van der Waals surface area contributed by atoms with Gasteiger partial charge in [0.25, 0.3) is 5.56 Å². The van der Waals surface area contributed by atoms with Gasteiger partial charge in [-0.3, -0.25) is 4.79 Å². The number of aryl methyl sites for hydroxylation is 2. The fourth-order valence-electron chi connectivity index (χ4n) is 3.29. The van der Waals surface area contributed by atoms with Crippen molar-refractivity contribution in [3.05, 3.63) is 59.4 Å². The molecule has 0 saturated carbocycles. The van der Waals surface area contributed by atoms with Crippen molar-refractivity contribution in [1.82, 2.24) is 9.38 Å². The van der Waals surface area contributed by atoms with Gasteiger partial charge in [-0.05, 0) is 96.8 Å². The number of aromatic nitrogens is 2. The van der Waals surface area contributed by atoms with Crippen molar-refractivity contribution in [2.24, 2.45) is 0 Å². The second-order valence-electron chi connectivity index (χ2n) is 7.44. The molecule has 4 aromatic rings. The standard InChI is InChI=1S/C23H23IN2O3S/c1-6-14(4)29-21-16(24)9-15(10-19(21)28-5)11-20-22(27)26-18-8-13(3)12(2)7-17(18)25-23(26)30-20/h7-11,14H,6H2,1-5H3/b20-11-/t14-/m1/s1. The van der Waals surface area contributed by atoms with Crippen molar-refractivity contribution in [1.29, 1.82) is 0 Å². The Kier molecular flexibility index (Phi) is 5.76. The zero-order chi connectivity index (χ0) is 21.6. The highest BCUT2D eigenvalue weighted by Gasteiger charge is 2.15. The lowest BCUT2D eigenvalue weighted by atomic mass is 10.1. The molecule has 0 bridgehead atoms. The fourth-order valence-corrected chi connectivity index (χ4v) is 5.03. The number of nitrogens with zero attached hydrogens (tertiary/aromatic N) is 2. The molecule has 0 unspecified atom stereocenters. The lowest BCUT2D eigenvalue weighted by molar-refractivity contribution is 0.206. The number of methoxy groups -OCH3 is 1. The summed E-state index contributed by atoms with van der Waals surface area (Å²) < 4.78 is 14.9. The van der Waals surface area contributed by atoms with E-state index in [1.165, 1.54) is 16.9 Å². The highest BCUT2D eigenvalue weighted by Crippen LogP contribution is 2.35. The van der Waals surface area contributed by atoms with E-state index in [0.717, 1.165) is 37.9 Å². The third kappa shape index (κ3) is 3.69. The van der Waals surface area contributed by atoms with E-state index in [2.05, 4.69) is 48.3 Å². The van der Waals surface area contributed by atoms with Crippen LogP contribution in [-0.4, -0.2) is 22.6 Å². The average Bonchev–Trinajstić information content (AvgIpc) is 3.19. The molecule has 5 nitrogen and oxygen atoms in total. The van der Waals surface area contributed by atoms with Gasteiger partial charge in [-0.25, -0.2) is 9.38 Å². The van der Waals surface area contributed by atoms with Crippen LogP contribution in [0.25, 0.3) is 22.1 Å². The van der Waals surface area contributed by atoms with Crippen LogP contribution in [0, 0.1) is 17.4 Å². The largest absolute Gasteiger partial charge is 0.493 e. The zero-order valence-corrected chi connectivity index (χ0v) is 20.6. The highest BCUT2D eigenvalue weighted by atomic mass is 127. The number of halogens is 1. The van der Waals surface area contributed by atoms with E-state index in [-0.39, 0.29) is 11.7 Å². The molecule has 2 aromatic heterocycles. The molecule has 0 aliphatic heterocycles. The number of fused-ring (bicyclic) bond motifs is 3. The first-order chi connectivity index (χ1) is 14.3. The molecule has 156 valence electrons. The number of hydrogen-bond acceptors (Lipinski definition) is 5. The van der Waals surface area contributed by atoms with Crippen LogP contribution in [0.1, 0.15) is 37.0 Å². The van der Waals surface area contributed by atoms with Gasteiger partial charge in [0.15, 0.2) is 16.5 Å². The normalized spacial score (nSPS) is 13.3. The molecule has 30 heavy (non-hydrogen) atoms. The quantitative estimate of drug-likeness (QED) is 0.343. The summed E-state index contributed by atoms with van der Waals surface area (Å²) in [6, 6.07) is 7.99. The average molecular weight is 534 g/mol. The molecule has 0 spiro atoms. The van der Waals surface area contributed by atoms with Crippen LogP contribution in [0.15, 0.2) is 29.1 Å². The SMILES string of the molecule is CC[C@@H](C)Oc1c(I)cc(/C=c2\sc3nc4cc(C)c(C)cc4n3c2=O)cc1OC. The molecular weight excluding hydrogens is 511 g/mol. The molecule has 2 heterocycles. The van der Waals surface area contributed by atoms with E-state index >= 15 is 0 Å². The molecule has 0 fully saturated rings. The Morgan fingerprint density at radius 3 is 2.67 bits per heavy atom. The van der Waals surface area contributed by atoms with Crippen LogP contribution >= 0.6 is 33.9 Å². The second kappa shape index (κ2) is 8.19. The Bertz CT molecular complexity index is 1370. The van der Waals surface area contributed by atoms with Crippen molar-refractivity contribution in [3.8, 4) is 11.5 Å². The Morgan fingerprint density at radius 1 is 1.23 bits per heavy atom. The predicted molar refractivity (Wildman–Crippen MR) is 131 cm³/mol.